The zero-order valence-corrected chi connectivity index (χ0v) is 10.1. The number of aromatic nitrogens is 1. The third kappa shape index (κ3) is 2.79. The maximum atomic E-state index is 13.1. The van der Waals surface area contributed by atoms with Crippen molar-refractivity contribution in [3.8, 4) is 11.6 Å². The number of carboxylic acid groups (broad SMARTS) is 1. The fourth-order valence-electron chi connectivity index (χ4n) is 1.44. The summed E-state index contributed by atoms with van der Waals surface area (Å²) < 4.78 is 18.5. The monoisotopic (exact) mass is 262 g/mol. The SMILES string of the molecule is Cc1ccc(F)cc1Oc1nc(C(=O)O)ccc1N. The van der Waals surface area contributed by atoms with Gasteiger partial charge in [-0.25, -0.2) is 14.2 Å². The van der Waals surface area contributed by atoms with Crippen molar-refractivity contribution in [1.29, 1.82) is 0 Å². The van der Waals surface area contributed by atoms with E-state index in [1.807, 2.05) is 0 Å². The van der Waals surface area contributed by atoms with Crippen molar-refractivity contribution in [2.24, 2.45) is 0 Å². The number of anilines is 1. The molecule has 0 unspecified atom stereocenters. The number of benzene rings is 1. The fourth-order valence-corrected chi connectivity index (χ4v) is 1.44. The predicted molar refractivity (Wildman–Crippen MR) is 66.8 cm³/mol. The summed E-state index contributed by atoms with van der Waals surface area (Å²) in [5.41, 5.74) is 6.31. The van der Waals surface area contributed by atoms with Crippen molar-refractivity contribution in [2.45, 2.75) is 6.92 Å². The molecular weight excluding hydrogens is 251 g/mol. The summed E-state index contributed by atoms with van der Waals surface area (Å²) in [5, 5.41) is 8.85. The number of nitrogen functional groups attached to an aromatic ring is 1. The van der Waals surface area contributed by atoms with Crippen molar-refractivity contribution in [2.75, 3.05) is 5.73 Å². The van der Waals surface area contributed by atoms with Crippen LogP contribution in [0.3, 0.4) is 0 Å². The minimum absolute atomic E-state index is 0.0615. The molecule has 1 aromatic heterocycles. The van der Waals surface area contributed by atoms with Gasteiger partial charge in [-0.15, -0.1) is 0 Å². The normalized spacial score (nSPS) is 10.2. The van der Waals surface area contributed by atoms with Gasteiger partial charge in [0.15, 0.2) is 5.69 Å². The Hall–Kier alpha value is -2.63. The fraction of sp³-hybridized carbons (Fsp3) is 0.0769. The predicted octanol–water partition coefficient (Wildman–Crippen LogP) is 2.60. The minimum atomic E-state index is -1.19. The first-order valence-electron chi connectivity index (χ1n) is 5.41. The maximum absolute atomic E-state index is 13.1. The molecule has 5 nitrogen and oxygen atoms in total. The van der Waals surface area contributed by atoms with Crippen LogP contribution in [0.15, 0.2) is 30.3 Å². The standard InChI is InChI=1S/C13H11FN2O3/c1-7-2-3-8(14)6-11(7)19-12-9(15)4-5-10(16-12)13(17)18/h2-6H,15H2,1H3,(H,17,18). The van der Waals surface area contributed by atoms with Crippen molar-refractivity contribution in [3.63, 3.8) is 0 Å². The van der Waals surface area contributed by atoms with Crippen LogP contribution in [-0.2, 0) is 0 Å². The van der Waals surface area contributed by atoms with Crippen molar-refractivity contribution >= 4 is 11.7 Å². The van der Waals surface area contributed by atoms with Gasteiger partial charge in [-0.2, -0.15) is 0 Å². The number of aryl methyl sites for hydroxylation is 1. The summed E-state index contributed by atoms with van der Waals surface area (Å²) in [5.74, 6) is -1.48. The molecule has 0 saturated carbocycles. The van der Waals surface area contributed by atoms with Crippen molar-refractivity contribution in [1.82, 2.24) is 4.98 Å². The number of aromatic carboxylic acids is 1. The number of hydrogen-bond donors (Lipinski definition) is 2. The highest BCUT2D eigenvalue weighted by Crippen LogP contribution is 2.28. The van der Waals surface area contributed by atoms with Crippen molar-refractivity contribution in [3.05, 3.63) is 47.4 Å². The summed E-state index contributed by atoms with van der Waals surface area (Å²) in [7, 11) is 0. The lowest BCUT2D eigenvalue weighted by molar-refractivity contribution is 0.0689. The maximum Gasteiger partial charge on any atom is 0.354 e. The quantitative estimate of drug-likeness (QED) is 0.888. The van der Waals surface area contributed by atoms with Crippen LogP contribution >= 0.6 is 0 Å². The molecular formula is C13H11FN2O3. The Morgan fingerprint density at radius 2 is 2.11 bits per heavy atom. The number of nitrogens with zero attached hydrogens (tertiary/aromatic N) is 1. The molecule has 0 radical (unpaired) electrons. The van der Waals surface area contributed by atoms with Crippen LogP contribution in [-0.4, -0.2) is 16.1 Å². The summed E-state index contributed by atoms with van der Waals surface area (Å²) in [6.45, 7) is 1.73. The van der Waals surface area contributed by atoms with Gasteiger partial charge in [0, 0.05) is 6.07 Å². The first-order valence-corrected chi connectivity index (χ1v) is 5.41. The zero-order valence-electron chi connectivity index (χ0n) is 10.1. The van der Waals surface area contributed by atoms with Crippen LogP contribution in [0.1, 0.15) is 16.1 Å². The lowest BCUT2D eigenvalue weighted by atomic mass is 10.2. The Morgan fingerprint density at radius 1 is 1.37 bits per heavy atom. The lowest BCUT2D eigenvalue weighted by Crippen LogP contribution is -2.04. The highest BCUT2D eigenvalue weighted by molar-refractivity contribution is 5.86. The molecule has 0 saturated heterocycles. The number of nitrogens with two attached hydrogens (primary N) is 1. The molecule has 6 heteroatoms. The number of pyridine rings is 1. The van der Waals surface area contributed by atoms with E-state index < -0.39 is 11.8 Å². The highest BCUT2D eigenvalue weighted by atomic mass is 19.1. The summed E-state index contributed by atoms with van der Waals surface area (Å²) in [6.07, 6.45) is 0. The number of hydrogen-bond acceptors (Lipinski definition) is 4. The molecule has 0 aliphatic carbocycles. The van der Waals surface area contributed by atoms with Crippen LogP contribution in [0.2, 0.25) is 0 Å². The molecule has 0 aliphatic heterocycles. The van der Waals surface area contributed by atoms with Crippen LogP contribution in [0.5, 0.6) is 11.6 Å². The first kappa shape index (κ1) is 12.8. The second-order valence-corrected chi connectivity index (χ2v) is 3.91. The Bertz CT molecular complexity index is 644. The molecule has 0 bridgehead atoms. The summed E-state index contributed by atoms with van der Waals surface area (Å²) >= 11 is 0. The average molecular weight is 262 g/mol. The molecule has 98 valence electrons. The second-order valence-electron chi connectivity index (χ2n) is 3.91. The van der Waals surface area contributed by atoms with Gasteiger partial charge in [-0.3, -0.25) is 0 Å². The van der Waals surface area contributed by atoms with Gasteiger partial charge in [0.25, 0.3) is 0 Å². The van der Waals surface area contributed by atoms with Crippen LogP contribution in [0.25, 0.3) is 0 Å². The molecule has 0 fully saturated rings. The molecule has 19 heavy (non-hydrogen) atoms. The van der Waals surface area contributed by atoms with Gasteiger partial charge in [0.2, 0.25) is 5.88 Å². The molecule has 0 amide bonds. The largest absolute Gasteiger partial charge is 0.477 e. The van der Waals surface area contributed by atoms with Crippen LogP contribution in [0.4, 0.5) is 10.1 Å². The Labute approximate surface area is 108 Å². The molecule has 0 atom stereocenters. The van der Waals surface area contributed by atoms with E-state index in [1.165, 1.54) is 24.3 Å². The molecule has 1 aromatic carbocycles. The van der Waals surface area contributed by atoms with Gasteiger partial charge >= 0.3 is 5.97 Å². The molecule has 1 heterocycles. The Balaban J connectivity index is 2.40. The first-order chi connectivity index (χ1) is 8.97. The number of carboxylic acids is 1. The topological polar surface area (TPSA) is 85.4 Å². The second kappa shape index (κ2) is 4.93. The summed E-state index contributed by atoms with van der Waals surface area (Å²) in [6, 6.07) is 6.67. The highest BCUT2D eigenvalue weighted by Gasteiger charge is 2.12. The Morgan fingerprint density at radius 3 is 2.79 bits per heavy atom. The van der Waals surface area contributed by atoms with Gasteiger partial charge < -0.3 is 15.6 Å². The van der Waals surface area contributed by atoms with Crippen LogP contribution in [0, 0.1) is 12.7 Å². The number of ether oxygens (including phenoxy) is 1. The molecule has 0 aliphatic rings. The van der Waals surface area contributed by atoms with E-state index in [2.05, 4.69) is 4.98 Å². The van der Waals surface area contributed by atoms with E-state index in [9.17, 15) is 9.18 Å². The van der Waals surface area contributed by atoms with Crippen molar-refractivity contribution < 1.29 is 19.0 Å². The lowest BCUT2D eigenvalue weighted by Gasteiger charge is -2.10. The van der Waals surface area contributed by atoms with E-state index >= 15 is 0 Å². The van der Waals surface area contributed by atoms with Gasteiger partial charge in [0.1, 0.15) is 11.6 Å². The number of rotatable bonds is 3. The van der Waals surface area contributed by atoms with E-state index in [1.54, 1.807) is 13.0 Å². The smallest absolute Gasteiger partial charge is 0.354 e. The summed E-state index contributed by atoms with van der Waals surface area (Å²) in [4.78, 5) is 14.6. The molecule has 2 rings (SSSR count). The number of carbonyl (C=O) groups is 1. The number of halogens is 1. The van der Waals surface area contributed by atoms with E-state index in [4.69, 9.17) is 15.6 Å². The van der Waals surface area contributed by atoms with Crippen LogP contribution < -0.4 is 10.5 Å². The Kier molecular flexibility index (Phi) is 3.33. The molecule has 2 aromatic rings. The van der Waals surface area contributed by atoms with Gasteiger partial charge in [0.05, 0.1) is 5.69 Å². The minimum Gasteiger partial charge on any atom is -0.477 e. The van der Waals surface area contributed by atoms with Gasteiger partial charge in [-0.1, -0.05) is 6.07 Å². The average Bonchev–Trinajstić information content (AvgIpc) is 2.36. The zero-order chi connectivity index (χ0) is 14.0. The molecule has 3 N–H and O–H groups in total. The van der Waals surface area contributed by atoms with E-state index in [0.29, 0.717) is 5.56 Å². The van der Waals surface area contributed by atoms with E-state index in [-0.39, 0.29) is 23.0 Å². The third-order valence-corrected chi connectivity index (χ3v) is 2.47. The van der Waals surface area contributed by atoms with Gasteiger partial charge in [-0.05, 0) is 30.7 Å². The third-order valence-electron chi connectivity index (χ3n) is 2.47. The van der Waals surface area contributed by atoms with E-state index in [0.717, 1.165) is 0 Å². The molecule has 0 spiro atoms.